The predicted molar refractivity (Wildman–Crippen MR) is 81.5 cm³/mol. The highest BCUT2D eigenvalue weighted by atomic mass is 32.1. The van der Waals surface area contributed by atoms with Crippen LogP contribution in [0.15, 0.2) is 18.5 Å². The molecule has 0 aliphatic rings. The first kappa shape index (κ1) is 13.5. The molecule has 0 radical (unpaired) electrons. The first-order valence-electron chi connectivity index (χ1n) is 6.75. The van der Waals surface area contributed by atoms with E-state index in [0.717, 1.165) is 17.8 Å². The molecule has 1 aromatic carbocycles. The van der Waals surface area contributed by atoms with E-state index in [2.05, 4.69) is 48.2 Å². The number of benzene rings is 1. The van der Waals surface area contributed by atoms with E-state index in [9.17, 15) is 0 Å². The molecular weight excluding hydrogens is 240 g/mol. The summed E-state index contributed by atoms with van der Waals surface area (Å²) in [6.45, 7) is 5.38. The maximum Gasteiger partial charge on any atom is 0.0958 e. The fourth-order valence-electron chi connectivity index (χ4n) is 2.24. The van der Waals surface area contributed by atoms with Gasteiger partial charge >= 0.3 is 0 Å². The topological polar surface area (TPSA) is 17.8 Å². The summed E-state index contributed by atoms with van der Waals surface area (Å²) in [6.07, 6.45) is 7.00. The second-order valence-corrected chi connectivity index (χ2v) is 5.45. The van der Waals surface area contributed by atoms with Crippen LogP contribution in [0.2, 0.25) is 0 Å². The first-order valence-corrected chi connectivity index (χ1v) is 7.38. The minimum absolute atomic E-state index is 1.01. The lowest BCUT2D eigenvalue weighted by Gasteiger charge is -2.06. The molecule has 0 aliphatic heterocycles. The van der Waals surface area contributed by atoms with Gasteiger partial charge < -0.3 is 4.57 Å². The van der Waals surface area contributed by atoms with Gasteiger partial charge in [-0.3, -0.25) is 0 Å². The van der Waals surface area contributed by atoms with Gasteiger partial charge in [-0.25, -0.2) is 4.98 Å². The molecule has 2 aromatic rings. The van der Waals surface area contributed by atoms with Crippen molar-refractivity contribution in [1.29, 1.82) is 0 Å². The maximum absolute atomic E-state index is 4.49. The van der Waals surface area contributed by atoms with E-state index in [1.807, 2.05) is 6.33 Å². The number of hydrogen-bond donors (Lipinski definition) is 1. The average Bonchev–Trinajstić information content (AvgIpc) is 2.72. The van der Waals surface area contributed by atoms with Crippen molar-refractivity contribution in [2.45, 2.75) is 46.1 Å². The van der Waals surface area contributed by atoms with Crippen LogP contribution < -0.4 is 0 Å². The molecule has 0 aliphatic carbocycles. The van der Waals surface area contributed by atoms with Crippen molar-refractivity contribution in [2.75, 3.05) is 5.75 Å². The van der Waals surface area contributed by atoms with Crippen molar-refractivity contribution in [3.05, 3.63) is 29.6 Å². The van der Waals surface area contributed by atoms with Crippen LogP contribution in [-0.4, -0.2) is 15.3 Å². The summed E-state index contributed by atoms with van der Waals surface area (Å²) < 4.78 is 2.28. The van der Waals surface area contributed by atoms with Gasteiger partial charge in [-0.1, -0.05) is 12.8 Å². The minimum atomic E-state index is 1.01. The molecule has 0 N–H and O–H groups in total. The van der Waals surface area contributed by atoms with E-state index in [-0.39, 0.29) is 0 Å². The Morgan fingerprint density at radius 1 is 1.06 bits per heavy atom. The summed E-state index contributed by atoms with van der Waals surface area (Å²) in [5, 5.41) is 0. The van der Waals surface area contributed by atoms with Crippen LogP contribution in [0.5, 0.6) is 0 Å². The largest absolute Gasteiger partial charge is 0.331 e. The third-order valence-corrected chi connectivity index (χ3v) is 3.86. The molecule has 2 nitrogen and oxygen atoms in total. The Bertz CT molecular complexity index is 516. The van der Waals surface area contributed by atoms with Crippen LogP contribution in [0.25, 0.3) is 11.0 Å². The molecule has 0 saturated heterocycles. The molecule has 18 heavy (non-hydrogen) atoms. The van der Waals surface area contributed by atoms with Crippen molar-refractivity contribution < 1.29 is 0 Å². The Labute approximate surface area is 115 Å². The molecular formula is C15H22N2S. The van der Waals surface area contributed by atoms with Gasteiger partial charge in [0.2, 0.25) is 0 Å². The highest BCUT2D eigenvalue weighted by Gasteiger charge is 2.04. The average molecular weight is 262 g/mol. The second-order valence-electron chi connectivity index (χ2n) is 5.00. The van der Waals surface area contributed by atoms with Gasteiger partial charge in [0.1, 0.15) is 0 Å². The van der Waals surface area contributed by atoms with Gasteiger partial charge in [0.05, 0.1) is 17.4 Å². The van der Waals surface area contributed by atoms with Crippen LogP contribution in [0.4, 0.5) is 0 Å². The molecule has 0 unspecified atom stereocenters. The molecule has 98 valence electrons. The lowest BCUT2D eigenvalue weighted by Crippen LogP contribution is -1.96. The van der Waals surface area contributed by atoms with Crippen LogP contribution in [0, 0.1) is 13.8 Å². The van der Waals surface area contributed by atoms with Gasteiger partial charge in [0.15, 0.2) is 0 Å². The Kier molecular flexibility index (Phi) is 4.70. The first-order chi connectivity index (χ1) is 8.72. The molecule has 0 bridgehead atoms. The van der Waals surface area contributed by atoms with Crippen molar-refractivity contribution >= 4 is 23.7 Å². The van der Waals surface area contributed by atoms with Crippen molar-refractivity contribution in [3.8, 4) is 0 Å². The Morgan fingerprint density at radius 2 is 1.78 bits per heavy atom. The van der Waals surface area contributed by atoms with E-state index in [1.54, 1.807) is 0 Å². The second kappa shape index (κ2) is 6.28. The van der Waals surface area contributed by atoms with Crippen molar-refractivity contribution in [2.24, 2.45) is 0 Å². The number of hydrogen-bond acceptors (Lipinski definition) is 2. The number of imidazole rings is 1. The van der Waals surface area contributed by atoms with Gasteiger partial charge in [0, 0.05) is 6.54 Å². The third kappa shape index (κ3) is 3.08. The smallest absolute Gasteiger partial charge is 0.0958 e. The highest BCUT2D eigenvalue weighted by Crippen LogP contribution is 2.19. The molecule has 0 spiro atoms. The fraction of sp³-hybridized carbons (Fsp3) is 0.533. The predicted octanol–water partition coefficient (Wildman–Crippen LogP) is 4.14. The standard InChI is InChI=1S/C15H22N2S/c1-12-9-14-15(10-13(12)2)17(11-16-14)7-5-3-4-6-8-18/h9-11,18H,3-8H2,1-2H3. The highest BCUT2D eigenvalue weighted by molar-refractivity contribution is 7.80. The number of unbranched alkanes of at least 4 members (excludes halogenated alkanes) is 3. The summed E-state index contributed by atoms with van der Waals surface area (Å²) in [5.74, 6) is 1.01. The van der Waals surface area contributed by atoms with E-state index in [1.165, 1.54) is 42.3 Å². The molecule has 1 aromatic heterocycles. The molecule has 0 atom stereocenters. The van der Waals surface area contributed by atoms with E-state index < -0.39 is 0 Å². The van der Waals surface area contributed by atoms with Crippen LogP contribution in [0.3, 0.4) is 0 Å². The SMILES string of the molecule is Cc1cc2ncn(CCCCCCS)c2cc1C. The lowest BCUT2D eigenvalue weighted by molar-refractivity contribution is 0.593. The summed E-state index contributed by atoms with van der Waals surface area (Å²) in [4.78, 5) is 4.49. The van der Waals surface area contributed by atoms with Gasteiger partial charge in [-0.2, -0.15) is 12.6 Å². The summed E-state index contributed by atoms with van der Waals surface area (Å²) >= 11 is 4.24. The van der Waals surface area contributed by atoms with Crippen LogP contribution >= 0.6 is 12.6 Å². The molecule has 0 amide bonds. The van der Waals surface area contributed by atoms with Crippen LogP contribution in [-0.2, 0) is 6.54 Å². The Morgan fingerprint density at radius 3 is 2.56 bits per heavy atom. The summed E-state index contributed by atoms with van der Waals surface area (Å²) in [6, 6.07) is 4.44. The fourth-order valence-corrected chi connectivity index (χ4v) is 2.46. The lowest BCUT2D eigenvalue weighted by atomic mass is 10.1. The number of thiol groups is 1. The number of aryl methyl sites for hydroxylation is 3. The van der Waals surface area contributed by atoms with Gasteiger partial charge in [-0.15, -0.1) is 0 Å². The van der Waals surface area contributed by atoms with Crippen LogP contribution in [0.1, 0.15) is 36.8 Å². The number of rotatable bonds is 6. The maximum atomic E-state index is 4.49. The Hall–Kier alpha value is -0.960. The zero-order valence-electron chi connectivity index (χ0n) is 11.3. The third-order valence-electron chi connectivity index (χ3n) is 3.54. The number of fused-ring (bicyclic) bond motifs is 1. The minimum Gasteiger partial charge on any atom is -0.331 e. The number of nitrogens with zero attached hydrogens (tertiary/aromatic N) is 2. The zero-order chi connectivity index (χ0) is 13.0. The molecule has 0 fully saturated rings. The van der Waals surface area contributed by atoms with E-state index in [4.69, 9.17) is 0 Å². The quantitative estimate of drug-likeness (QED) is 0.612. The van der Waals surface area contributed by atoms with Gasteiger partial charge in [-0.05, 0) is 55.7 Å². The summed E-state index contributed by atoms with van der Waals surface area (Å²) in [5.41, 5.74) is 5.06. The molecule has 1 heterocycles. The van der Waals surface area contributed by atoms with E-state index >= 15 is 0 Å². The number of aromatic nitrogens is 2. The monoisotopic (exact) mass is 262 g/mol. The molecule has 2 rings (SSSR count). The normalized spacial score (nSPS) is 11.3. The molecule has 3 heteroatoms. The summed E-state index contributed by atoms with van der Waals surface area (Å²) in [7, 11) is 0. The zero-order valence-corrected chi connectivity index (χ0v) is 12.2. The Balaban J connectivity index is 2.03. The molecule has 0 saturated carbocycles. The van der Waals surface area contributed by atoms with Crippen molar-refractivity contribution in [3.63, 3.8) is 0 Å². The van der Waals surface area contributed by atoms with Crippen molar-refractivity contribution in [1.82, 2.24) is 9.55 Å². The van der Waals surface area contributed by atoms with E-state index in [0.29, 0.717) is 0 Å². The van der Waals surface area contributed by atoms with Gasteiger partial charge in [0.25, 0.3) is 0 Å².